The highest BCUT2D eigenvalue weighted by Gasteiger charge is 2.11. The number of amides is 2. The number of carbonyl (C=O) groups excluding carboxylic acids is 2. The largest absolute Gasteiger partial charge is 0.483 e. The van der Waals surface area contributed by atoms with Crippen LogP contribution in [0.4, 0.5) is 5.69 Å². The second-order valence-electron chi connectivity index (χ2n) is 4.99. The van der Waals surface area contributed by atoms with E-state index in [2.05, 4.69) is 5.32 Å². The van der Waals surface area contributed by atoms with Crippen LogP contribution < -0.4 is 15.8 Å². The number of hydrogen-bond acceptors (Lipinski definition) is 5. The summed E-state index contributed by atoms with van der Waals surface area (Å²) in [4.78, 5) is 23.3. The van der Waals surface area contributed by atoms with E-state index in [9.17, 15) is 18.0 Å². The minimum absolute atomic E-state index is 0.159. The van der Waals surface area contributed by atoms with Crippen molar-refractivity contribution in [3.05, 3.63) is 54.1 Å². The highest BCUT2D eigenvalue weighted by Crippen LogP contribution is 2.17. The smallest absolute Gasteiger partial charge is 0.262 e. The van der Waals surface area contributed by atoms with Crippen molar-refractivity contribution in [2.24, 2.45) is 5.73 Å². The van der Waals surface area contributed by atoms with Crippen LogP contribution in [0.15, 0.2) is 53.4 Å². The molecule has 2 aromatic carbocycles. The Morgan fingerprint density at radius 3 is 2.29 bits per heavy atom. The zero-order valence-electron chi connectivity index (χ0n) is 12.9. The molecule has 0 spiro atoms. The lowest BCUT2D eigenvalue weighted by molar-refractivity contribution is -0.118. The fraction of sp³-hybridized carbons (Fsp3) is 0.125. The lowest BCUT2D eigenvalue weighted by Crippen LogP contribution is -2.21. The Kier molecular flexibility index (Phi) is 5.20. The topological polar surface area (TPSA) is 116 Å². The van der Waals surface area contributed by atoms with Gasteiger partial charge in [0.2, 0.25) is 0 Å². The number of para-hydroxylation sites is 1. The van der Waals surface area contributed by atoms with Gasteiger partial charge in [-0.2, -0.15) is 0 Å². The van der Waals surface area contributed by atoms with Crippen molar-refractivity contribution in [2.45, 2.75) is 4.90 Å². The van der Waals surface area contributed by atoms with Gasteiger partial charge in [0.25, 0.3) is 11.8 Å². The van der Waals surface area contributed by atoms with Gasteiger partial charge in [0.1, 0.15) is 5.75 Å². The number of benzene rings is 2. The standard InChI is InChI=1S/C16H16N2O5S/c1-24(21,22)12-8-6-11(7-9-12)18-15(19)10-23-14-5-3-2-4-13(14)16(17)20/h2-9H,10H2,1H3,(H2,17,20)(H,18,19). The Bertz CT molecular complexity index is 860. The number of sulfone groups is 1. The Morgan fingerprint density at radius 1 is 1.08 bits per heavy atom. The fourth-order valence-corrected chi connectivity index (χ4v) is 2.55. The molecule has 0 saturated carbocycles. The normalized spacial score (nSPS) is 10.9. The second-order valence-corrected chi connectivity index (χ2v) is 7.01. The first-order chi connectivity index (χ1) is 11.3. The van der Waals surface area contributed by atoms with E-state index in [1.807, 2.05) is 0 Å². The van der Waals surface area contributed by atoms with E-state index in [0.29, 0.717) is 5.69 Å². The van der Waals surface area contributed by atoms with Gasteiger partial charge in [0.05, 0.1) is 10.5 Å². The van der Waals surface area contributed by atoms with Crippen LogP contribution in [0.5, 0.6) is 5.75 Å². The number of carbonyl (C=O) groups is 2. The Labute approximate surface area is 139 Å². The highest BCUT2D eigenvalue weighted by molar-refractivity contribution is 7.90. The van der Waals surface area contributed by atoms with Gasteiger partial charge < -0.3 is 15.8 Å². The third-order valence-electron chi connectivity index (χ3n) is 3.08. The molecule has 0 saturated heterocycles. The number of anilines is 1. The summed E-state index contributed by atoms with van der Waals surface area (Å²) < 4.78 is 28.0. The molecule has 8 heteroatoms. The van der Waals surface area contributed by atoms with Crippen LogP contribution in [0.3, 0.4) is 0 Å². The van der Waals surface area contributed by atoms with Gasteiger partial charge in [0, 0.05) is 11.9 Å². The van der Waals surface area contributed by atoms with Crippen molar-refractivity contribution >= 4 is 27.3 Å². The quantitative estimate of drug-likeness (QED) is 0.814. The van der Waals surface area contributed by atoms with Crippen molar-refractivity contribution in [3.8, 4) is 5.75 Å². The Balaban J connectivity index is 1.98. The maximum atomic E-state index is 11.9. The number of nitrogens with two attached hydrogens (primary N) is 1. The van der Waals surface area contributed by atoms with Gasteiger partial charge in [-0.05, 0) is 36.4 Å². The number of rotatable bonds is 6. The van der Waals surface area contributed by atoms with Crippen molar-refractivity contribution in [1.82, 2.24) is 0 Å². The second kappa shape index (κ2) is 7.14. The van der Waals surface area contributed by atoms with E-state index in [-0.39, 0.29) is 22.8 Å². The SMILES string of the molecule is CS(=O)(=O)c1ccc(NC(=O)COc2ccccc2C(N)=O)cc1. The van der Waals surface area contributed by atoms with Gasteiger partial charge in [-0.3, -0.25) is 9.59 Å². The molecule has 2 aromatic rings. The third-order valence-corrected chi connectivity index (χ3v) is 4.21. The molecule has 0 radical (unpaired) electrons. The summed E-state index contributed by atoms with van der Waals surface area (Å²) in [5.74, 6) is -0.892. The third kappa shape index (κ3) is 4.56. The zero-order chi connectivity index (χ0) is 17.7. The van der Waals surface area contributed by atoms with E-state index >= 15 is 0 Å². The van der Waals surface area contributed by atoms with Crippen LogP contribution in [-0.4, -0.2) is 33.1 Å². The molecule has 0 fully saturated rings. The summed E-state index contributed by atoms with van der Waals surface area (Å²) in [7, 11) is -3.29. The van der Waals surface area contributed by atoms with Gasteiger partial charge in [-0.15, -0.1) is 0 Å². The molecule has 126 valence electrons. The molecule has 0 atom stereocenters. The van der Waals surface area contributed by atoms with Gasteiger partial charge in [0.15, 0.2) is 16.4 Å². The molecule has 0 aliphatic carbocycles. The molecule has 7 nitrogen and oxygen atoms in total. The van der Waals surface area contributed by atoms with E-state index in [1.54, 1.807) is 12.1 Å². The van der Waals surface area contributed by atoms with Gasteiger partial charge >= 0.3 is 0 Å². The average molecular weight is 348 g/mol. The summed E-state index contributed by atoms with van der Waals surface area (Å²) >= 11 is 0. The first-order valence-electron chi connectivity index (χ1n) is 6.89. The van der Waals surface area contributed by atoms with Crippen LogP contribution in [0.1, 0.15) is 10.4 Å². The minimum atomic E-state index is -3.29. The number of primary amides is 1. The van der Waals surface area contributed by atoms with Crippen LogP contribution in [-0.2, 0) is 14.6 Å². The summed E-state index contributed by atoms with van der Waals surface area (Å²) in [6, 6.07) is 12.1. The number of nitrogens with one attached hydrogen (secondary N) is 1. The van der Waals surface area contributed by atoms with Crippen LogP contribution in [0.2, 0.25) is 0 Å². The molecule has 0 aliphatic rings. The van der Waals surface area contributed by atoms with Gasteiger partial charge in [-0.1, -0.05) is 12.1 Å². The van der Waals surface area contributed by atoms with Crippen molar-refractivity contribution in [1.29, 1.82) is 0 Å². The minimum Gasteiger partial charge on any atom is -0.483 e. The predicted octanol–water partition coefficient (Wildman–Crippen LogP) is 1.21. The van der Waals surface area contributed by atoms with Gasteiger partial charge in [-0.25, -0.2) is 8.42 Å². The van der Waals surface area contributed by atoms with E-state index in [1.165, 1.54) is 36.4 Å². The zero-order valence-corrected chi connectivity index (χ0v) is 13.7. The maximum Gasteiger partial charge on any atom is 0.262 e. The molecule has 2 amide bonds. The molecule has 0 unspecified atom stereocenters. The van der Waals surface area contributed by atoms with Crippen molar-refractivity contribution in [3.63, 3.8) is 0 Å². The predicted molar refractivity (Wildman–Crippen MR) is 88.6 cm³/mol. The molecule has 24 heavy (non-hydrogen) atoms. The molecule has 0 bridgehead atoms. The first-order valence-corrected chi connectivity index (χ1v) is 8.78. The van der Waals surface area contributed by atoms with E-state index < -0.39 is 21.7 Å². The maximum absolute atomic E-state index is 11.9. The molecule has 0 aliphatic heterocycles. The molecule has 0 heterocycles. The summed E-state index contributed by atoms with van der Waals surface area (Å²) in [5, 5.41) is 2.56. The number of hydrogen-bond donors (Lipinski definition) is 2. The number of ether oxygens (including phenoxy) is 1. The molecular formula is C16H16N2O5S. The van der Waals surface area contributed by atoms with Crippen molar-refractivity contribution < 1.29 is 22.7 Å². The molecular weight excluding hydrogens is 332 g/mol. The first kappa shape index (κ1) is 17.5. The summed E-state index contributed by atoms with van der Waals surface area (Å²) in [6.45, 7) is -0.321. The summed E-state index contributed by atoms with van der Waals surface area (Å²) in [5.41, 5.74) is 5.84. The molecule has 2 rings (SSSR count). The van der Waals surface area contributed by atoms with E-state index in [4.69, 9.17) is 10.5 Å². The van der Waals surface area contributed by atoms with Crippen molar-refractivity contribution in [2.75, 3.05) is 18.2 Å². The van der Waals surface area contributed by atoms with Crippen LogP contribution in [0, 0.1) is 0 Å². The Hall–Kier alpha value is -2.87. The molecule has 0 aromatic heterocycles. The fourth-order valence-electron chi connectivity index (χ4n) is 1.92. The Morgan fingerprint density at radius 2 is 1.71 bits per heavy atom. The van der Waals surface area contributed by atoms with Crippen LogP contribution in [0.25, 0.3) is 0 Å². The summed E-state index contributed by atoms with van der Waals surface area (Å²) in [6.07, 6.45) is 1.10. The lowest BCUT2D eigenvalue weighted by atomic mass is 10.2. The van der Waals surface area contributed by atoms with Crippen LogP contribution >= 0.6 is 0 Å². The highest BCUT2D eigenvalue weighted by atomic mass is 32.2. The lowest BCUT2D eigenvalue weighted by Gasteiger charge is -2.10. The monoisotopic (exact) mass is 348 g/mol. The molecule has 3 N–H and O–H groups in total. The average Bonchev–Trinajstić information content (AvgIpc) is 2.53. The van der Waals surface area contributed by atoms with E-state index in [0.717, 1.165) is 6.26 Å².